The molecule has 1 aromatic carbocycles. The molecule has 7 heteroatoms. The van der Waals surface area contributed by atoms with E-state index in [1.54, 1.807) is 0 Å². The maximum atomic E-state index is 11.5. The lowest BCUT2D eigenvalue weighted by molar-refractivity contribution is 0.374. The third-order valence-electron chi connectivity index (χ3n) is 1.70. The Kier molecular flexibility index (Phi) is 3.67. The quantitative estimate of drug-likeness (QED) is 0.755. The van der Waals surface area contributed by atoms with E-state index in [-0.39, 0.29) is 4.90 Å². The molecule has 1 aromatic rings. The Morgan fingerprint density at radius 2 is 1.80 bits per heavy atom. The van der Waals surface area contributed by atoms with Gasteiger partial charge in [-0.05, 0) is 18.2 Å². The van der Waals surface area contributed by atoms with Crippen molar-refractivity contribution in [1.29, 1.82) is 0 Å². The lowest BCUT2D eigenvalue weighted by atomic mass is 10.4. The van der Waals surface area contributed by atoms with Crippen LogP contribution in [-0.2, 0) is 14.4 Å². The topological polar surface area (TPSA) is 91.7 Å². The SMILES string of the molecule is O=P(O)(O)CCS(=O)(=O)c1cc[c]cc1. The molecule has 0 saturated carbocycles. The van der Waals surface area contributed by atoms with E-state index < -0.39 is 29.3 Å². The predicted molar refractivity (Wildman–Crippen MR) is 54.2 cm³/mol. The minimum Gasteiger partial charge on any atom is -0.324 e. The highest BCUT2D eigenvalue weighted by atomic mass is 32.2. The Morgan fingerprint density at radius 3 is 2.27 bits per heavy atom. The molecule has 0 aliphatic heterocycles. The number of hydrogen-bond donors (Lipinski definition) is 2. The van der Waals surface area contributed by atoms with Crippen molar-refractivity contribution in [1.82, 2.24) is 0 Å². The number of sulfone groups is 1. The first-order valence-corrected chi connectivity index (χ1v) is 7.50. The van der Waals surface area contributed by atoms with Gasteiger partial charge in [-0.3, -0.25) is 4.57 Å². The van der Waals surface area contributed by atoms with E-state index in [0.717, 1.165) is 0 Å². The first-order chi connectivity index (χ1) is 6.81. The highest BCUT2D eigenvalue weighted by Gasteiger charge is 2.20. The van der Waals surface area contributed by atoms with Crippen LogP contribution in [0.4, 0.5) is 0 Å². The summed E-state index contributed by atoms with van der Waals surface area (Å²) in [5, 5.41) is 0. The zero-order valence-corrected chi connectivity index (χ0v) is 9.41. The van der Waals surface area contributed by atoms with E-state index in [1.807, 2.05) is 0 Å². The molecule has 0 atom stereocenters. The highest BCUT2D eigenvalue weighted by Crippen LogP contribution is 2.34. The van der Waals surface area contributed by atoms with Crippen LogP contribution in [0.5, 0.6) is 0 Å². The molecule has 83 valence electrons. The van der Waals surface area contributed by atoms with Gasteiger partial charge in [0.05, 0.1) is 16.8 Å². The van der Waals surface area contributed by atoms with Crippen LogP contribution in [0.15, 0.2) is 29.2 Å². The fraction of sp³-hybridized carbons (Fsp3) is 0.250. The van der Waals surface area contributed by atoms with E-state index in [2.05, 4.69) is 6.07 Å². The molecule has 1 radical (unpaired) electrons. The predicted octanol–water partition coefficient (Wildman–Crippen LogP) is 0.438. The third kappa shape index (κ3) is 4.13. The first-order valence-electron chi connectivity index (χ1n) is 4.05. The Morgan fingerprint density at radius 1 is 1.27 bits per heavy atom. The lowest BCUT2D eigenvalue weighted by Crippen LogP contribution is -2.10. The summed E-state index contributed by atoms with van der Waals surface area (Å²) < 4.78 is 33.6. The van der Waals surface area contributed by atoms with Crippen molar-refractivity contribution in [2.75, 3.05) is 11.9 Å². The lowest BCUT2D eigenvalue weighted by Gasteiger charge is -2.05. The standard InChI is InChI=1S/C8H10O5PS/c9-14(10,11)6-7-15(12,13)8-4-2-1-3-5-8/h2-5H,6-7H2,(H2,9,10,11). The van der Waals surface area contributed by atoms with Crippen molar-refractivity contribution in [3.05, 3.63) is 30.3 Å². The first kappa shape index (κ1) is 12.4. The molecule has 0 heterocycles. The zero-order chi connectivity index (χ0) is 11.5. The molecule has 0 fully saturated rings. The Labute approximate surface area is 87.8 Å². The van der Waals surface area contributed by atoms with Crippen LogP contribution in [0.1, 0.15) is 0 Å². The monoisotopic (exact) mass is 249 g/mol. The van der Waals surface area contributed by atoms with E-state index >= 15 is 0 Å². The van der Waals surface area contributed by atoms with Crippen LogP contribution < -0.4 is 0 Å². The van der Waals surface area contributed by atoms with Crippen molar-refractivity contribution in [2.45, 2.75) is 4.90 Å². The fourth-order valence-corrected chi connectivity index (χ4v) is 3.64. The van der Waals surface area contributed by atoms with Gasteiger partial charge in [0, 0.05) is 0 Å². The van der Waals surface area contributed by atoms with E-state index in [4.69, 9.17) is 9.79 Å². The molecule has 5 nitrogen and oxygen atoms in total. The molecular weight excluding hydrogens is 239 g/mol. The van der Waals surface area contributed by atoms with Gasteiger partial charge in [0.25, 0.3) is 0 Å². The van der Waals surface area contributed by atoms with Gasteiger partial charge in [-0.1, -0.05) is 12.1 Å². The number of rotatable bonds is 4. The maximum absolute atomic E-state index is 11.5. The molecule has 0 amide bonds. The van der Waals surface area contributed by atoms with Crippen LogP contribution >= 0.6 is 7.60 Å². The molecule has 0 aromatic heterocycles. The van der Waals surface area contributed by atoms with Gasteiger partial charge < -0.3 is 9.79 Å². The molecule has 2 N–H and O–H groups in total. The second-order valence-electron chi connectivity index (χ2n) is 2.94. The van der Waals surface area contributed by atoms with Crippen LogP contribution in [0.3, 0.4) is 0 Å². The van der Waals surface area contributed by atoms with Crippen LogP contribution in [0.25, 0.3) is 0 Å². The molecule has 0 bridgehead atoms. The molecular formula is C8H10O5PS. The van der Waals surface area contributed by atoms with Crippen LogP contribution in [0, 0.1) is 6.07 Å². The van der Waals surface area contributed by atoms with Crippen LogP contribution in [-0.4, -0.2) is 30.1 Å². The van der Waals surface area contributed by atoms with Crippen molar-refractivity contribution >= 4 is 17.4 Å². The van der Waals surface area contributed by atoms with E-state index in [9.17, 15) is 13.0 Å². The van der Waals surface area contributed by atoms with Crippen LogP contribution in [0.2, 0.25) is 0 Å². The summed E-state index contributed by atoms with van der Waals surface area (Å²) in [6.45, 7) is 0. The Hall–Kier alpha value is -0.680. The van der Waals surface area contributed by atoms with E-state index in [1.165, 1.54) is 24.3 Å². The summed E-state index contributed by atoms with van der Waals surface area (Å²) in [5.74, 6) is -0.554. The third-order valence-corrected chi connectivity index (χ3v) is 4.54. The molecule has 0 saturated heterocycles. The largest absolute Gasteiger partial charge is 0.326 e. The fourth-order valence-electron chi connectivity index (χ4n) is 0.936. The van der Waals surface area contributed by atoms with Crippen molar-refractivity contribution in [2.24, 2.45) is 0 Å². The van der Waals surface area contributed by atoms with Gasteiger partial charge >= 0.3 is 7.60 Å². The summed E-state index contributed by atoms with van der Waals surface area (Å²) in [6, 6.07) is 8.21. The summed E-state index contributed by atoms with van der Waals surface area (Å²) in [7, 11) is -7.88. The Balaban J connectivity index is 2.82. The summed E-state index contributed by atoms with van der Waals surface area (Å²) in [5.41, 5.74) is 0. The van der Waals surface area contributed by atoms with Crippen molar-refractivity contribution in [3.8, 4) is 0 Å². The molecule has 0 aliphatic carbocycles. The molecule has 0 aliphatic rings. The van der Waals surface area contributed by atoms with Gasteiger partial charge in [-0.15, -0.1) is 0 Å². The van der Waals surface area contributed by atoms with Gasteiger partial charge in [-0.2, -0.15) is 0 Å². The van der Waals surface area contributed by atoms with Crippen molar-refractivity contribution < 1.29 is 22.8 Å². The second kappa shape index (κ2) is 4.45. The minimum absolute atomic E-state index is 0.0506. The second-order valence-corrected chi connectivity index (χ2v) is 6.83. The smallest absolute Gasteiger partial charge is 0.324 e. The van der Waals surface area contributed by atoms with Gasteiger partial charge in [0.15, 0.2) is 9.84 Å². The summed E-state index contributed by atoms with van der Waals surface area (Å²) in [4.78, 5) is 17.2. The normalized spacial score (nSPS) is 12.7. The van der Waals surface area contributed by atoms with Gasteiger partial charge in [0.1, 0.15) is 0 Å². The van der Waals surface area contributed by atoms with Gasteiger partial charge in [-0.25, -0.2) is 8.42 Å². The molecule has 15 heavy (non-hydrogen) atoms. The maximum Gasteiger partial charge on any atom is 0.326 e. The average molecular weight is 249 g/mol. The average Bonchev–Trinajstić information content (AvgIpc) is 2.16. The van der Waals surface area contributed by atoms with E-state index in [0.29, 0.717) is 0 Å². The van der Waals surface area contributed by atoms with Crippen molar-refractivity contribution in [3.63, 3.8) is 0 Å². The summed E-state index contributed by atoms with van der Waals surface area (Å²) in [6.07, 6.45) is -0.659. The zero-order valence-electron chi connectivity index (χ0n) is 7.70. The van der Waals surface area contributed by atoms with Gasteiger partial charge in [0.2, 0.25) is 0 Å². The minimum atomic E-state index is -4.27. The number of hydrogen-bond acceptors (Lipinski definition) is 3. The Bertz CT molecular complexity index is 461. The molecule has 0 unspecified atom stereocenters. The number of benzene rings is 1. The molecule has 1 rings (SSSR count). The molecule has 0 spiro atoms. The summed E-state index contributed by atoms with van der Waals surface area (Å²) >= 11 is 0. The highest BCUT2D eigenvalue weighted by molar-refractivity contribution is 7.91.